The number of ether oxygens (including phenoxy) is 3. The molecule has 3 aromatic rings. The van der Waals surface area contributed by atoms with E-state index in [1.165, 1.54) is 6.07 Å². The number of aromatic nitrogens is 2. The molecule has 9 nitrogen and oxygen atoms in total. The summed E-state index contributed by atoms with van der Waals surface area (Å²) in [5.41, 5.74) is 0.324. The first-order valence-corrected chi connectivity index (χ1v) is 10.8. The molecule has 1 amide bonds. The van der Waals surface area contributed by atoms with Crippen LogP contribution < -0.4 is 14.2 Å². The van der Waals surface area contributed by atoms with Gasteiger partial charge in [-0.25, -0.2) is 0 Å². The molecule has 0 bridgehead atoms. The minimum absolute atomic E-state index is 0.0199. The summed E-state index contributed by atoms with van der Waals surface area (Å²) in [6.07, 6.45) is -0.671. The van der Waals surface area contributed by atoms with Crippen molar-refractivity contribution < 1.29 is 32.3 Å². The molecule has 11 heteroatoms. The minimum atomic E-state index is -2.95. The maximum Gasteiger partial charge on any atom is 0.387 e. The van der Waals surface area contributed by atoms with Gasteiger partial charge in [-0.1, -0.05) is 29.4 Å². The Morgan fingerprint density at radius 1 is 1.06 bits per heavy atom. The number of piperazine rings is 1. The van der Waals surface area contributed by atoms with Gasteiger partial charge in [-0.05, 0) is 24.3 Å². The largest absolute Gasteiger partial charge is 0.485 e. The third kappa shape index (κ3) is 4.79. The fourth-order valence-electron chi connectivity index (χ4n) is 3.94. The molecule has 0 unspecified atom stereocenters. The van der Waals surface area contributed by atoms with E-state index < -0.39 is 12.7 Å². The molecule has 0 aliphatic carbocycles. The van der Waals surface area contributed by atoms with E-state index in [9.17, 15) is 13.6 Å². The second-order valence-corrected chi connectivity index (χ2v) is 7.85. The highest BCUT2D eigenvalue weighted by Crippen LogP contribution is 2.32. The Kier molecular flexibility index (Phi) is 6.26. The van der Waals surface area contributed by atoms with Crippen LogP contribution in [0.2, 0.25) is 0 Å². The average Bonchev–Trinajstić information content (AvgIpc) is 3.32. The molecule has 178 valence electrons. The molecule has 3 heterocycles. The van der Waals surface area contributed by atoms with Crippen LogP contribution in [0.4, 0.5) is 8.78 Å². The van der Waals surface area contributed by atoms with Crippen LogP contribution in [0.25, 0.3) is 11.4 Å². The van der Waals surface area contributed by atoms with Gasteiger partial charge >= 0.3 is 6.61 Å². The second kappa shape index (κ2) is 9.64. The van der Waals surface area contributed by atoms with Crippen molar-refractivity contribution in [2.24, 2.45) is 0 Å². The van der Waals surface area contributed by atoms with E-state index in [4.69, 9.17) is 14.0 Å². The van der Waals surface area contributed by atoms with Crippen LogP contribution in [0.5, 0.6) is 17.2 Å². The van der Waals surface area contributed by atoms with Gasteiger partial charge in [-0.15, -0.1) is 0 Å². The zero-order valence-electron chi connectivity index (χ0n) is 18.1. The van der Waals surface area contributed by atoms with Crippen LogP contribution in [0, 0.1) is 0 Å². The Morgan fingerprint density at radius 3 is 2.59 bits per heavy atom. The summed E-state index contributed by atoms with van der Waals surface area (Å²) in [7, 11) is 0. The third-order valence-electron chi connectivity index (χ3n) is 5.64. The normalized spacial score (nSPS) is 18.2. The van der Waals surface area contributed by atoms with Gasteiger partial charge in [0.15, 0.2) is 11.5 Å². The number of rotatable bonds is 6. The zero-order valence-corrected chi connectivity index (χ0v) is 18.1. The van der Waals surface area contributed by atoms with E-state index in [1.807, 2.05) is 18.2 Å². The molecule has 0 radical (unpaired) electrons. The fourth-order valence-corrected chi connectivity index (χ4v) is 3.94. The van der Waals surface area contributed by atoms with E-state index in [0.717, 1.165) is 0 Å². The standard InChI is InChI=1S/C23H22F2N4O5/c24-23(25)33-16-6-2-1-5-15(16)21-26-20(34-27-21)13-28-9-11-29(12-10-28)22(30)19-14-31-17-7-3-4-8-18(17)32-19/h1-8,19,23H,9-14H2/t19-/m0/s1. The maximum atomic E-state index is 12.9. The summed E-state index contributed by atoms with van der Waals surface area (Å²) >= 11 is 0. The first kappa shape index (κ1) is 22.1. The molecule has 34 heavy (non-hydrogen) atoms. The number of carbonyl (C=O) groups excluding carboxylic acids is 1. The number of carbonyl (C=O) groups is 1. The molecule has 5 rings (SSSR count). The Bertz CT molecular complexity index is 1150. The monoisotopic (exact) mass is 472 g/mol. The summed E-state index contributed by atoms with van der Waals surface area (Å²) in [6.45, 7) is -0.135. The number of nitrogens with zero attached hydrogens (tertiary/aromatic N) is 4. The number of fused-ring (bicyclic) bond motifs is 1. The van der Waals surface area contributed by atoms with E-state index in [-0.39, 0.29) is 24.1 Å². The van der Waals surface area contributed by atoms with Crippen molar-refractivity contribution in [2.75, 3.05) is 32.8 Å². The number of amides is 1. The van der Waals surface area contributed by atoms with Crippen molar-refractivity contribution in [1.29, 1.82) is 0 Å². The van der Waals surface area contributed by atoms with Crippen molar-refractivity contribution in [2.45, 2.75) is 19.3 Å². The van der Waals surface area contributed by atoms with Crippen molar-refractivity contribution in [3.8, 4) is 28.6 Å². The zero-order chi connectivity index (χ0) is 23.5. The number of para-hydroxylation sites is 3. The third-order valence-corrected chi connectivity index (χ3v) is 5.64. The topological polar surface area (TPSA) is 90.2 Å². The lowest BCUT2D eigenvalue weighted by atomic mass is 10.2. The molecule has 0 saturated carbocycles. The van der Waals surface area contributed by atoms with Gasteiger partial charge in [0.05, 0.1) is 12.1 Å². The molecule has 1 aromatic heterocycles. The van der Waals surface area contributed by atoms with Gasteiger partial charge in [0.2, 0.25) is 17.8 Å². The maximum absolute atomic E-state index is 12.9. The molecule has 2 aliphatic rings. The lowest BCUT2D eigenvalue weighted by molar-refractivity contribution is -0.143. The van der Waals surface area contributed by atoms with Gasteiger partial charge in [0.25, 0.3) is 5.91 Å². The molecular formula is C23H22F2N4O5. The van der Waals surface area contributed by atoms with E-state index in [2.05, 4.69) is 19.8 Å². The van der Waals surface area contributed by atoms with Crippen molar-refractivity contribution >= 4 is 5.91 Å². The number of alkyl halides is 2. The smallest absolute Gasteiger partial charge is 0.387 e. The van der Waals surface area contributed by atoms with E-state index >= 15 is 0 Å². The van der Waals surface area contributed by atoms with Crippen LogP contribution in [0.3, 0.4) is 0 Å². The fraction of sp³-hybridized carbons (Fsp3) is 0.348. The highest BCUT2D eigenvalue weighted by atomic mass is 19.3. The molecule has 0 N–H and O–H groups in total. The Labute approximate surface area is 193 Å². The lowest BCUT2D eigenvalue weighted by Gasteiger charge is -2.36. The molecule has 1 fully saturated rings. The summed E-state index contributed by atoms with van der Waals surface area (Å²) in [6, 6.07) is 13.6. The van der Waals surface area contributed by atoms with Crippen LogP contribution in [0.1, 0.15) is 5.89 Å². The van der Waals surface area contributed by atoms with Gasteiger partial charge in [0, 0.05) is 26.2 Å². The highest BCUT2D eigenvalue weighted by molar-refractivity contribution is 5.82. The number of halogens is 2. The highest BCUT2D eigenvalue weighted by Gasteiger charge is 2.33. The molecule has 1 atom stereocenters. The summed E-state index contributed by atoms with van der Waals surface area (Å²) < 4.78 is 46.7. The van der Waals surface area contributed by atoms with Crippen molar-refractivity contribution in [3.05, 3.63) is 54.4 Å². The Hall–Kier alpha value is -3.73. The summed E-state index contributed by atoms with van der Waals surface area (Å²) in [4.78, 5) is 21.1. The van der Waals surface area contributed by atoms with Gasteiger partial charge in [0.1, 0.15) is 12.4 Å². The first-order chi connectivity index (χ1) is 16.6. The number of hydrogen-bond donors (Lipinski definition) is 0. The molecule has 1 saturated heterocycles. The van der Waals surface area contributed by atoms with Crippen LogP contribution in [-0.4, -0.2) is 71.3 Å². The van der Waals surface area contributed by atoms with Crippen LogP contribution in [0.15, 0.2) is 53.1 Å². The molecular weight excluding hydrogens is 450 g/mol. The number of benzene rings is 2. The number of hydrogen-bond acceptors (Lipinski definition) is 8. The lowest BCUT2D eigenvalue weighted by Crippen LogP contribution is -2.53. The van der Waals surface area contributed by atoms with Gasteiger partial charge in [-0.3, -0.25) is 9.69 Å². The predicted molar refractivity (Wildman–Crippen MR) is 115 cm³/mol. The first-order valence-electron chi connectivity index (χ1n) is 10.8. The van der Waals surface area contributed by atoms with E-state index in [1.54, 1.807) is 29.2 Å². The average molecular weight is 472 g/mol. The summed E-state index contributed by atoms with van der Waals surface area (Å²) in [5, 5.41) is 3.91. The van der Waals surface area contributed by atoms with Crippen LogP contribution in [-0.2, 0) is 11.3 Å². The van der Waals surface area contributed by atoms with Gasteiger partial charge in [-0.2, -0.15) is 13.8 Å². The molecule has 0 spiro atoms. The minimum Gasteiger partial charge on any atom is -0.485 e. The predicted octanol–water partition coefficient (Wildman–Crippen LogP) is 2.82. The van der Waals surface area contributed by atoms with E-state index in [0.29, 0.717) is 55.7 Å². The van der Waals surface area contributed by atoms with Gasteiger partial charge < -0.3 is 23.6 Å². The second-order valence-electron chi connectivity index (χ2n) is 7.85. The Balaban J connectivity index is 1.16. The Morgan fingerprint density at radius 2 is 1.79 bits per heavy atom. The molecule has 2 aromatic carbocycles. The summed E-state index contributed by atoms with van der Waals surface area (Å²) in [5.74, 6) is 1.60. The quantitative estimate of drug-likeness (QED) is 0.541. The molecule has 2 aliphatic heterocycles. The van der Waals surface area contributed by atoms with Crippen molar-refractivity contribution in [3.63, 3.8) is 0 Å². The van der Waals surface area contributed by atoms with Crippen molar-refractivity contribution in [1.82, 2.24) is 19.9 Å². The van der Waals surface area contributed by atoms with Crippen LogP contribution >= 0.6 is 0 Å². The SMILES string of the molecule is O=C([C@@H]1COc2ccccc2O1)N1CCN(Cc2nc(-c3ccccc3OC(F)F)no2)CC1.